The number of carboxylic acid groups (broad SMARTS) is 1. The first kappa shape index (κ1) is 17.0. The van der Waals surface area contributed by atoms with Crippen LogP contribution in [0.25, 0.3) is 0 Å². The smallest absolute Gasteiger partial charge is 0.335 e. The van der Waals surface area contributed by atoms with E-state index >= 15 is 0 Å². The Labute approximate surface area is 145 Å². The van der Waals surface area contributed by atoms with Crippen LogP contribution in [0, 0.1) is 6.92 Å². The second-order valence-electron chi connectivity index (χ2n) is 6.08. The van der Waals surface area contributed by atoms with Crippen LogP contribution in [0.15, 0.2) is 42.5 Å². The zero-order valence-electron chi connectivity index (χ0n) is 13.7. The van der Waals surface area contributed by atoms with Crippen LogP contribution in [0.4, 0.5) is 0 Å². The maximum atomic E-state index is 12.4. The van der Waals surface area contributed by atoms with Crippen LogP contribution in [-0.4, -0.2) is 34.8 Å². The molecule has 0 saturated heterocycles. The molecule has 1 aliphatic heterocycles. The molecule has 2 aromatic rings. The van der Waals surface area contributed by atoms with Gasteiger partial charge in [-0.1, -0.05) is 24.3 Å². The normalized spacial score (nSPS) is 18.8. The average Bonchev–Trinajstić information content (AvgIpc) is 2.59. The van der Waals surface area contributed by atoms with Gasteiger partial charge in [0.2, 0.25) is 5.91 Å². The number of hydrogen-bond donors (Lipinski definition) is 3. The molecule has 0 radical (unpaired) electrons. The van der Waals surface area contributed by atoms with E-state index < -0.39 is 18.1 Å². The summed E-state index contributed by atoms with van der Waals surface area (Å²) in [5.41, 5.74) is 2.42. The molecule has 0 spiro atoms. The lowest BCUT2D eigenvalue weighted by atomic mass is 9.97. The Morgan fingerprint density at radius 2 is 2.00 bits per heavy atom. The van der Waals surface area contributed by atoms with Gasteiger partial charge in [0.15, 0.2) is 0 Å². The zero-order valence-corrected chi connectivity index (χ0v) is 13.7. The number of aryl methyl sites for hydroxylation is 1. The monoisotopic (exact) mass is 341 g/mol. The molecule has 2 aromatic carbocycles. The Kier molecular flexibility index (Phi) is 4.72. The van der Waals surface area contributed by atoms with Gasteiger partial charge in [0.1, 0.15) is 18.5 Å². The van der Waals surface area contributed by atoms with Gasteiger partial charge in [0.05, 0.1) is 18.0 Å². The van der Waals surface area contributed by atoms with E-state index in [1.165, 1.54) is 6.07 Å². The SMILES string of the molecule is Cc1cc(C(=O)O)ccc1CC(=O)N[C@H]1c2ccccc2OC[C@H]1O. The highest BCUT2D eigenvalue weighted by atomic mass is 16.5. The van der Waals surface area contributed by atoms with E-state index in [1.54, 1.807) is 25.1 Å². The minimum absolute atomic E-state index is 0.109. The molecule has 0 aliphatic carbocycles. The number of aliphatic hydroxyl groups is 1. The molecule has 0 fully saturated rings. The fraction of sp³-hybridized carbons (Fsp3) is 0.263. The van der Waals surface area contributed by atoms with E-state index in [9.17, 15) is 14.7 Å². The van der Waals surface area contributed by atoms with Crippen molar-refractivity contribution in [2.24, 2.45) is 0 Å². The van der Waals surface area contributed by atoms with Crippen molar-refractivity contribution in [3.8, 4) is 5.75 Å². The summed E-state index contributed by atoms with van der Waals surface area (Å²) in [5.74, 6) is -0.590. The first-order valence-corrected chi connectivity index (χ1v) is 7.97. The zero-order chi connectivity index (χ0) is 18.0. The fourth-order valence-corrected chi connectivity index (χ4v) is 2.95. The summed E-state index contributed by atoms with van der Waals surface area (Å²) in [6.07, 6.45) is -0.716. The maximum Gasteiger partial charge on any atom is 0.335 e. The molecule has 0 saturated carbocycles. The van der Waals surface area contributed by atoms with Gasteiger partial charge in [0.25, 0.3) is 0 Å². The fourth-order valence-electron chi connectivity index (χ4n) is 2.95. The number of aromatic carboxylic acids is 1. The molecule has 1 heterocycles. The molecule has 2 atom stereocenters. The van der Waals surface area contributed by atoms with Gasteiger partial charge >= 0.3 is 5.97 Å². The summed E-state index contributed by atoms with van der Waals surface area (Å²) < 4.78 is 5.46. The molecule has 1 aliphatic rings. The summed E-state index contributed by atoms with van der Waals surface area (Å²) in [4.78, 5) is 23.4. The molecule has 6 nitrogen and oxygen atoms in total. The number of ether oxygens (including phenoxy) is 1. The summed E-state index contributed by atoms with van der Waals surface area (Å²) in [5, 5.41) is 22.0. The van der Waals surface area contributed by atoms with Crippen LogP contribution < -0.4 is 10.1 Å². The molecule has 25 heavy (non-hydrogen) atoms. The number of fused-ring (bicyclic) bond motifs is 1. The number of para-hydroxylation sites is 1. The molecule has 0 unspecified atom stereocenters. The molecule has 0 aromatic heterocycles. The molecule has 130 valence electrons. The highest BCUT2D eigenvalue weighted by Gasteiger charge is 2.30. The number of carbonyl (C=O) groups is 2. The summed E-state index contributed by atoms with van der Waals surface area (Å²) in [7, 11) is 0. The number of carbonyl (C=O) groups excluding carboxylic acids is 1. The minimum Gasteiger partial charge on any atom is -0.490 e. The van der Waals surface area contributed by atoms with Crippen molar-refractivity contribution in [2.45, 2.75) is 25.5 Å². The third-order valence-electron chi connectivity index (χ3n) is 4.31. The van der Waals surface area contributed by atoms with Crippen molar-refractivity contribution in [1.82, 2.24) is 5.32 Å². The van der Waals surface area contributed by atoms with Crippen LogP contribution >= 0.6 is 0 Å². The van der Waals surface area contributed by atoms with Crippen LogP contribution in [0.1, 0.15) is 33.1 Å². The number of nitrogens with one attached hydrogen (secondary N) is 1. The van der Waals surface area contributed by atoms with E-state index in [2.05, 4.69) is 5.32 Å². The maximum absolute atomic E-state index is 12.4. The summed E-state index contributed by atoms with van der Waals surface area (Å²) in [6, 6.07) is 11.4. The number of carboxylic acids is 1. The predicted octanol–water partition coefficient (Wildman–Crippen LogP) is 1.85. The molecular formula is C19H19NO5. The van der Waals surface area contributed by atoms with E-state index in [1.807, 2.05) is 18.2 Å². The summed E-state index contributed by atoms with van der Waals surface area (Å²) >= 11 is 0. The molecule has 3 rings (SSSR count). The number of rotatable bonds is 4. The van der Waals surface area contributed by atoms with Crippen molar-refractivity contribution in [3.63, 3.8) is 0 Å². The Hall–Kier alpha value is -2.86. The molecule has 1 amide bonds. The van der Waals surface area contributed by atoms with Crippen LogP contribution in [0.5, 0.6) is 5.75 Å². The Balaban J connectivity index is 1.74. The number of aliphatic hydroxyl groups excluding tert-OH is 1. The topological polar surface area (TPSA) is 95.9 Å². The first-order valence-electron chi connectivity index (χ1n) is 7.97. The largest absolute Gasteiger partial charge is 0.490 e. The van der Waals surface area contributed by atoms with Crippen molar-refractivity contribution < 1.29 is 24.5 Å². The van der Waals surface area contributed by atoms with Crippen LogP contribution in [0.3, 0.4) is 0 Å². The third kappa shape index (κ3) is 3.64. The predicted molar refractivity (Wildman–Crippen MR) is 90.7 cm³/mol. The van der Waals surface area contributed by atoms with Gasteiger partial charge in [-0.25, -0.2) is 4.79 Å². The number of amides is 1. The lowest BCUT2D eigenvalue weighted by Gasteiger charge is -2.31. The van der Waals surface area contributed by atoms with Crippen molar-refractivity contribution in [3.05, 3.63) is 64.7 Å². The van der Waals surface area contributed by atoms with Crippen molar-refractivity contribution >= 4 is 11.9 Å². The minimum atomic E-state index is -0.999. The van der Waals surface area contributed by atoms with Gasteiger partial charge in [-0.3, -0.25) is 4.79 Å². The van der Waals surface area contributed by atoms with Gasteiger partial charge in [0, 0.05) is 5.56 Å². The Morgan fingerprint density at radius 1 is 1.24 bits per heavy atom. The Bertz CT molecular complexity index is 817. The van der Waals surface area contributed by atoms with Gasteiger partial charge in [-0.15, -0.1) is 0 Å². The lowest BCUT2D eigenvalue weighted by Crippen LogP contribution is -2.42. The van der Waals surface area contributed by atoms with Crippen LogP contribution in [0.2, 0.25) is 0 Å². The number of benzene rings is 2. The van der Waals surface area contributed by atoms with Crippen molar-refractivity contribution in [2.75, 3.05) is 6.61 Å². The van der Waals surface area contributed by atoms with E-state index in [0.29, 0.717) is 5.75 Å². The highest BCUT2D eigenvalue weighted by Crippen LogP contribution is 2.31. The summed E-state index contributed by atoms with van der Waals surface area (Å²) in [6.45, 7) is 1.89. The van der Waals surface area contributed by atoms with E-state index in [0.717, 1.165) is 16.7 Å². The molecule has 3 N–H and O–H groups in total. The Morgan fingerprint density at radius 3 is 2.72 bits per heavy atom. The average molecular weight is 341 g/mol. The van der Waals surface area contributed by atoms with E-state index in [-0.39, 0.29) is 24.5 Å². The van der Waals surface area contributed by atoms with Gasteiger partial charge in [-0.2, -0.15) is 0 Å². The van der Waals surface area contributed by atoms with Crippen molar-refractivity contribution in [1.29, 1.82) is 0 Å². The van der Waals surface area contributed by atoms with E-state index in [4.69, 9.17) is 9.84 Å². The third-order valence-corrected chi connectivity index (χ3v) is 4.31. The quantitative estimate of drug-likeness (QED) is 0.789. The van der Waals surface area contributed by atoms with Gasteiger partial charge < -0.3 is 20.3 Å². The second kappa shape index (κ2) is 6.94. The highest BCUT2D eigenvalue weighted by molar-refractivity contribution is 5.88. The first-order chi connectivity index (χ1) is 12.0. The second-order valence-corrected chi connectivity index (χ2v) is 6.08. The number of hydrogen-bond acceptors (Lipinski definition) is 4. The molecule has 0 bridgehead atoms. The van der Waals surface area contributed by atoms with Gasteiger partial charge in [-0.05, 0) is 36.2 Å². The van der Waals surface area contributed by atoms with Crippen LogP contribution in [-0.2, 0) is 11.2 Å². The molecule has 6 heteroatoms. The standard InChI is InChI=1S/C19H19NO5/c1-11-8-13(19(23)24)7-6-12(11)9-17(22)20-18-14-4-2-3-5-16(14)25-10-15(18)21/h2-8,15,18,21H,9-10H2,1H3,(H,20,22)(H,23,24)/t15-,18+/m1/s1. The molecular weight excluding hydrogens is 322 g/mol. The lowest BCUT2D eigenvalue weighted by molar-refractivity contribution is -0.122.